The average Bonchev–Trinajstić information content (AvgIpc) is 2.43. The molecule has 1 aliphatic rings. The molecule has 0 spiro atoms. The van der Waals surface area contributed by atoms with Gasteiger partial charge in [0.2, 0.25) is 5.91 Å². The summed E-state index contributed by atoms with van der Waals surface area (Å²) in [6.45, 7) is 4.92. The van der Waals surface area contributed by atoms with Gasteiger partial charge in [0.15, 0.2) is 0 Å². The van der Waals surface area contributed by atoms with E-state index in [9.17, 15) is 9.59 Å². The number of ketones is 1. The summed E-state index contributed by atoms with van der Waals surface area (Å²) in [5.41, 5.74) is 2.00. The normalized spacial score (nSPS) is 16.2. The summed E-state index contributed by atoms with van der Waals surface area (Å²) in [6, 6.07) is 5.78. The number of likely N-dealkylation sites (tertiary alicyclic amines) is 1. The van der Waals surface area contributed by atoms with Gasteiger partial charge in [0.1, 0.15) is 5.78 Å². The highest BCUT2D eigenvalue weighted by Gasteiger charge is 2.25. The standard InChI is InChI=1S/C16H20ClNO2/c1-11-3-4-13(9-15(11)17)10-16(20)14-5-7-18(8-6-14)12(2)19/h3-4,9,14H,5-8,10H2,1-2H3. The molecule has 1 aromatic carbocycles. The summed E-state index contributed by atoms with van der Waals surface area (Å²) in [4.78, 5) is 25.4. The number of carbonyl (C=O) groups is 2. The predicted octanol–water partition coefficient (Wildman–Crippen LogP) is 3.02. The first kappa shape index (κ1) is 15.0. The van der Waals surface area contributed by atoms with Crippen LogP contribution in [0.4, 0.5) is 0 Å². The van der Waals surface area contributed by atoms with Gasteiger partial charge >= 0.3 is 0 Å². The highest BCUT2D eigenvalue weighted by atomic mass is 35.5. The first-order chi connectivity index (χ1) is 9.47. The molecule has 0 aromatic heterocycles. The third-order valence-corrected chi connectivity index (χ3v) is 4.42. The fraction of sp³-hybridized carbons (Fsp3) is 0.500. The van der Waals surface area contributed by atoms with Gasteiger partial charge in [0, 0.05) is 37.4 Å². The van der Waals surface area contributed by atoms with Crippen molar-refractivity contribution in [2.75, 3.05) is 13.1 Å². The van der Waals surface area contributed by atoms with E-state index in [1.165, 1.54) is 0 Å². The Morgan fingerprint density at radius 3 is 2.50 bits per heavy atom. The van der Waals surface area contributed by atoms with Crippen LogP contribution in [-0.4, -0.2) is 29.7 Å². The van der Waals surface area contributed by atoms with Crippen molar-refractivity contribution < 1.29 is 9.59 Å². The molecule has 1 amide bonds. The summed E-state index contributed by atoms with van der Waals surface area (Å²) in [6.07, 6.45) is 1.99. The molecule has 1 heterocycles. The van der Waals surface area contributed by atoms with Crippen LogP contribution in [0.15, 0.2) is 18.2 Å². The minimum atomic E-state index is 0.0747. The van der Waals surface area contributed by atoms with Gasteiger partial charge in [0.05, 0.1) is 0 Å². The number of rotatable bonds is 3. The number of hydrogen-bond acceptors (Lipinski definition) is 2. The smallest absolute Gasteiger partial charge is 0.219 e. The van der Waals surface area contributed by atoms with E-state index >= 15 is 0 Å². The van der Waals surface area contributed by atoms with Crippen molar-refractivity contribution in [2.24, 2.45) is 5.92 Å². The molecule has 1 fully saturated rings. The molecule has 0 aliphatic carbocycles. The monoisotopic (exact) mass is 293 g/mol. The number of piperidine rings is 1. The highest BCUT2D eigenvalue weighted by molar-refractivity contribution is 6.31. The molecule has 0 bridgehead atoms. The van der Waals surface area contributed by atoms with Crippen LogP contribution in [0.2, 0.25) is 5.02 Å². The Labute approximate surface area is 124 Å². The van der Waals surface area contributed by atoms with Gasteiger partial charge in [-0.2, -0.15) is 0 Å². The molecule has 1 aromatic rings. The molecule has 0 saturated carbocycles. The molecule has 4 heteroatoms. The number of benzene rings is 1. The van der Waals surface area contributed by atoms with Gasteiger partial charge in [-0.05, 0) is 37.0 Å². The quantitative estimate of drug-likeness (QED) is 0.859. The van der Waals surface area contributed by atoms with Crippen molar-refractivity contribution in [2.45, 2.75) is 33.1 Å². The van der Waals surface area contributed by atoms with E-state index in [1.54, 1.807) is 6.92 Å². The van der Waals surface area contributed by atoms with Crippen LogP contribution in [0.25, 0.3) is 0 Å². The van der Waals surface area contributed by atoms with Crippen LogP contribution < -0.4 is 0 Å². The molecule has 0 unspecified atom stereocenters. The second kappa shape index (κ2) is 6.40. The first-order valence-corrected chi connectivity index (χ1v) is 7.38. The third-order valence-electron chi connectivity index (χ3n) is 4.01. The summed E-state index contributed by atoms with van der Waals surface area (Å²) >= 11 is 6.08. The predicted molar refractivity (Wildman–Crippen MR) is 79.9 cm³/mol. The van der Waals surface area contributed by atoms with Crippen LogP contribution in [-0.2, 0) is 16.0 Å². The fourth-order valence-electron chi connectivity index (χ4n) is 2.61. The molecular weight excluding hydrogens is 274 g/mol. The van der Waals surface area contributed by atoms with E-state index < -0.39 is 0 Å². The Bertz CT molecular complexity index is 519. The van der Waals surface area contributed by atoms with Gasteiger partial charge in [-0.1, -0.05) is 23.7 Å². The summed E-state index contributed by atoms with van der Waals surface area (Å²) < 4.78 is 0. The van der Waals surface area contributed by atoms with Crippen LogP contribution in [0, 0.1) is 12.8 Å². The SMILES string of the molecule is CC(=O)N1CCC(C(=O)Cc2ccc(C)c(Cl)c2)CC1. The Balaban J connectivity index is 1.92. The summed E-state index contributed by atoms with van der Waals surface area (Å²) in [7, 11) is 0. The van der Waals surface area contributed by atoms with E-state index in [4.69, 9.17) is 11.6 Å². The van der Waals surface area contributed by atoms with Crippen LogP contribution in [0.3, 0.4) is 0 Å². The maximum Gasteiger partial charge on any atom is 0.219 e. The number of amides is 1. The largest absolute Gasteiger partial charge is 0.343 e. The van der Waals surface area contributed by atoms with Crippen molar-refractivity contribution in [3.63, 3.8) is 0 Å². The molecule has 0 radical (unpaired) electrons. The number of hydrogen-bond donors (Lipinski definition) is 0. The second-order valence-corrected chi connectivity index (χ2v) is 5.91. The van der Waals surface area contributed by atoms with Gasteiger partial charge in [-0.3, -0.25) is 9.59 Å². The molecule has 2 rings (SSSR count). The van der Waals surface area contributed by atoms with Crippen molar-refractivity contribution in [1.82, 2.24) is 4.90 Å². The first-order valence-electron chi connectivity index (χ1n) is 7.00. The molecule has 3 nitrogen and oxygen atoms in total. The average molecular weight is 294 g/mol. The number of Topliss-reactive ketones (excluding diaryl/α,β-unsaturated/α-hetero) is 1. The van der Waals surface area contributed by atoms with E-state index in [0.717, 1.165) is 24.0 Å². The van der Waals surface area contributed by atoms with Gasteiger partial charge < -0.3 is 4.90 Å². The van der Waals surface area contributed by atoms with E-state index in [2.05, 4.69) is 0 Å². The van der Waals surface area contributed by atoms with Gasteiger partial charge in [-0.15, -0.1) is 0 Å². The Hall–Kier alpha value is -1.35. The maximum atomic E-state index is 12.3. The number of carbonyl (C=O) groups excluding carboxylic acids is 2. The van der Waals surface area contributed by atoms with Crippen LogP contribution in [0.1, 0.15) is 30.9 Å². The van der Waals surface area contributed by atoms with E-state index in [1.807, 2.05) is 30.0 Å². The molecule has 1 aliphatic heterocycles. The zero-order valence-corrected chi connectivity index (χ0v) is 12.7. The van der Waals surface area contributed by atoms with Crippen LogP contribution in [0.5, 0.6) is 0 Å². The van der Waals surface area contributed by atoms with Crippen molar-refractivity contribution in [3.8, 4) is 0 Å². The van der Waals surface area contributed by atoms with Crippen LogP contribution >= 0.6 is 11.6 Å². The molecule has 20 heavy (non-hydrogen) atoms. The molecule has 1 saturated heterocycles. The number of nitrogens with zero attached hydrogens (tertiary/aromatic N) is 1. The zero-order valence-electron chi connectivity index (χ0n) is 12.0. The van der Waals surface area contributed by atoms with E-state index in [0.29, 0.717) is 24.5 Å². The lowest BCUT2D eigenvalue weighted by atomic mass is 9.89. The molecule has 0 N–H and O–H groups in total. The lowest BCUT2D eigenvalue weighted by Crippen LogP contribution is -2.39. The molecule has 108 valence electrons. The molecule has 0 atom stereocenters. The van der Waals surface area contributed by atoms with E-state index in [-0.39, 0.29) is 17.6 Å². The second-order valence-electron chi connectivity index (χ2n) is 5.51. The lowest BCUT2D eigenvalue weighted by Gasteiger charge is -2.30. The van der Waals surface area contributed by atoms with Crippen molar-refractivity contribution in [1.29, 1.82) is 0 Å². The highest BCUT2D eigenvalue weighted by Crippen LogP contribution is 2.22. The van der Waals surface area contributed by atoms with Gasteiger partial charge in [0.25, 0.3) is 0 Å². The minimum Gasteiger partial charge on any atom is -0.343 e. The minimum absolute atomic E-state index is 0.0747. The maximum absolute atomic E-state index is 12.3. The fourth-order valence-corrected chi connectivity index (χ4v) is 2.81. The van der Waals surface area contributed by atoms with Gasteiger partial charge in [-0.25, -0.2) is 0 Å². The third kappa shape index (κ3) is 3.60. The Morgan fingerprint density at radius 1 is 1.30 bits per heavy atom. The molecular formula is C16H20ClNO2. The Morgan fingerprint density at radius 2 is 1.95 bits per heavy atom. The number of halogens is 1. The summed E-state index contributed by atoms with van der Waals surface area (Å²) in [5, 5.41) is 0.710. The number of aryl methyl sites for hydroxylation is 1. The Kier molecular flexibility index (Phi) is 4.81. The van der Waals surface area contributed by atoms with Crippen molar-refractivity contribution in [3.05, 3.63) is 34.3 Å². The topological polar surface area (TPSA) is 37.4 Å². The lowest BCUT2D eigenvalue weighted by molar-refractivity contribution is -0.133. The zero-order chi connectivity index (χ0) is 14.7. The van der Waals surface area contributed by atoms with Crippen molar-refractivity contribution >= 4 is 23.3 Å². The summed E-state index contributed by atoms with van der Waals surface area (Å²) in [5.74, 6) is 0.431.